The molecule has 0 aromatic carbocycles. The van der Waals surface area contributed by atoms with E-state index in [-0.39, 0.29) is 24.0 Å². The molecule has 4 rings (SSSR count). The fraction of sp³-hybridized carbons (Fsp3) is 0.706. The Morgan fingerprint density at radius 3 is 3.00 bits per heavy atom. The third kappa shape index (κ3) is 2.93. The Kier molecular flexibility index (Phi) is 4.24. The van der Waals surface area contributed by atoms with Crippen molar-refractivity contribution in [3.8, 4) is 0 Å². The van der Waals surface area contributed by atoms with Gasteiger partial charge in [-0.1, -0.05) is 0 Å². The van der Waals surface area contributed by atoms with Crippen LogP contribution in [-0.4, -0.2) is 58.3 Å². The number of ether oxygens (including phenoxy) is 1. The smallest absolute Gasteiger partial charge is 0.269 e. The van der Waals surface area contributed by atoms with Crippen molar-refractivity contribution < 1.29 is 14.3 Å². The van der Waals surface area contributed by atoms with E-state index in [4.69, 9.17) is 10.5 Å². The van der Waals surface area contributed by atoms with Crippen molar-refractivity contribution in [3.63, 3.8) is 0 Å². The number of hydrogen-bond donors (Lipinski definition) is 2. The Morgan fingerprint density at radius 2 is 2.20 bits per heavy atom. The predicted molar refractivity (Wildman–Crippen MR) is 89.7 cm³/mol. The molecule has 25 heavy (non-hydrogen) atoms. The van der Waals surface area contributed by atoms with E-state index >= 15 is 0 Å². The minimum Gasteiger partial charge on any atom is -0.375 e. The summed E-state index contributed by atoms with van der Waals surface area (Å²) in [5, 5.41) is 7.71. The van der Waals surface area contributed by atoms with E-state index in [2.05, 4.69) is 10.4 Å². The van der Waals surface area contributed by atoms with Crippen molar-refractivity contribution in [2.45, 2.75) is 44.4 Å². The summed E-state index contributed by atoms with van der Waals surface area (Å²) in [4.78, 5) is 26.5. The van der Waals surface area contributed by atoms with Crippen LogP contribution in [0, 0.1) is 5.92 Å². The van der Waals surface area contributed by atoms with Gasteiger partial charge in [0.05, 0.1) is 12.7 Å². The van der Waals surface area contributed by atoms with Crippen LogP contribution < -0.4 is 11.1 Å². The van der Waals surface area contributed by atoms with E-state index in [1.54, 1.807) is 4.68 Å². The van der Waals surface area contributed by atoms with E-state index in [9.17, 15) is 9.59 Å². The van der Waals surface area contributed by atoms with Gasteiger partial charge in [0.15, 0.2) is 5.69 Å². The molecule has 1 aliphatic carbocycles. The maximum atomic E-state index is 13.0. The van der Waals surface area contributed by atoms with Gasteiger partial charge in [-0.25, -0.2) is 0 Å². The van der Waals surface area contributed by atoms with Gasteiger partial charge in [0.2, 0.25) is 5.91 Å². The van der Waals surface area contributed by atoms with Crippen LogP contribution in [0.3, 0.4) is 0 Å². The highest BCUT2D eigenvalue weighted by molar-refractivity contribution is 5.93. The molecular weight excluding hydrogens is 322 g/mol. The first-order chi connectivity index (χ1) is 12.0. The van der Waals surface area contributed by atoms with Gasteiger partial charge in [0, 0.05) is 56.3 Å². The highest BCUT2D eigenvalue weighted by atomic mass is 16.5. The standard InChI is InChI=1S/C17H25N5O3/c1-21-13-4-6-22(9-11(13)15(20-21)16(18)23)17(24)10-2-3-14-12(8-10)19-5-7-25-14/h10,12,14,19H,2-9H2,1H3,(H2,18,23)/t10-,12+,14+/m0/s1. The molecule has 8 heteroatoms. The molecule has 0 spiro atoms. The average Bonchev–Trinajstić information content (AvgIpc) is 2.97. The molecule has 2 aliphatic heterocycles. The molecule has 1 saturated heterocycles. The first kappa shape index (κ1) is 16.5. The number of nitrogens with zero attached hydrogens (tertiary/aromatic N) is 3. The summed E-state index contributed by atoms with van der Waals surface area (Å²) in [6, 6.07) is 0.274. The number of hydrogen-bond acceptors (Lipinski definition) is 5. The summed E-state index contributed by atoms with van der Waals surface area (Å²) >= 11 is 0. The van der Waals surface area contributed by atoms with Crippen LogP contribution in [0.5, 0.6) is 0 Å². The predicted octanol–water partition coefficient (Wildman–Crippen LogP) is -0.439. The van der Waals surface area contributed by atoms with Gasteiger partial charge in [0.25, 0.3) is 5.91 Å². The number of aromatic nitrogens is 2. The second kappa shape index (κ2) is 6.42. The normalized spacial score (nSPS) is 29.0. The first-order valence-corrected chi connectivity index (χ1v) is 9.03. The third-order valence-corrected chi connectivity index (χ3v) is 5.76. The summed E-state index contributed by atoms with van der Waals surface area (Å²) in [6.07, 6.45) is 3.55. The van der Waals surface area contributed by atoms with Crippen molar-refractivity contribution in [1.29, 1.82) is 0 Å². The number of rotatable bonds is 2. The number of aryl methyl sites for hydroxylation is 1. The number of amides is 2. The summed E-state index contributed by atoms with van der Waals surface area (Å²) in [5.41, 5.74) is 7.55. The lowest BCUT2D eigenvalue weighted by molar-refractivity contribution is -0.140. The van der Waals surface area contributed by atoms with Crippen molar-refractivity contribution >= 4 is 11.8 Å². The zero-order valence-electron chi connectivity index (χ0n) is 14.5. The van der Waals surface area contributed by atoms with Gasteiger partial charge >= 0.3 is 0 Å². The molecule has 2 fully saturated rings. The molecule has 136 valence electrons. The molecule has 8 nitrogen and oxygen atoms in total. The summed E-state index contributed by atoms with van der Waals surface area (Å²) < 4.78 is 7.51. The van der Waals surface area contributed by atoms with Crippen molar-refractivity contribution in [1.82, 2.24) is 20.0 Å². The molecule has 1 saturated carbocycles. The van der Waals surface area contributed by atoms with E-state index in [0.29, 0.717) is 25.2 Å². The molecule has 1 aromatic rings. The lowest BCUT2D eigenvalue weighted by Crippen LogP contribution is -2.53. The van der Waals surface area contributed by atoms with Crippen LogP contribution in [0.25, 0.3) is 0 Å². The Hall–Kier alpha value is -1.93. The van der Waals surface area contributed by atoms with E-state index in [1.807, 2.05) is 11.9 Å². The van der Waals surface area contributed by atoms with Gasteiger partial charge in [-0.2, -0.15) is 5.10 Å². The van der Waals surface area contributed by atoms with Crippen molar-refractivity contribution in [2.75, 3.05) is 19.7 Å². The van der Waals surface area contributed by atoms with E-state index in [0.717, 1.165) is 43.7 Å². The lowest BCUT2D eigenvalue weighted by atomic mass is 9.82. The van der Waals surface area contributed by atoms with Gasteiger partial charge in [0.1, 0.15) is 0 Å². The van der Waals surface area contributed by atoms with Crippen LogP contribution in [0.2, 0.25) is 0 Å². The molecule has 3 heterocycles. The molecule has 2 amide bonds. The lowest BCUT2D eigenvalue weighted by Gasteiger charge is -2.41. The first-order valence-electron chi connectivity index (χ1n) is 9.03. The van der Waals surface area contributed by atoms with Crippen LogP contribution >= 0.6 is 0 Å². The molecule has 3 aliphatic rings. The van der Waals surface area contributed by atoms with Gasteiger partial charge in [-0.3, -0.25) is 14.3 Å². The average molecular weight is 347 g/mol. The molecule has 0 radical (unpaired) electrons. The van der Waals surface area contributed by atoms with Crippen molar-refractivity contribution in [2.24, 2.45) is 18.7 Å². The Morgan fingerprint density at radius 1 is 1.36 bits per heavy atom. The molecule has 3 N–H and O–H groups in total. The number of fused-ring (bicyclic) bond motifs is 2. The Bertz CT molecular complexity index is 701. The third-order valence-electron chi connectivity index (χ3n) is 5.76. The number of carbonyl (C=O) groups is 2. The fourth-order valence-corrected chi connectivity index (χ4v) is 4.47. The molecule has 0 unspecified atom stereocenters. The minimum absolute atomic E-state index is 0.0192. The minimum atomic E-state index is -0.532. The number of carbonyl (C=O) groups excluding carboxylic acids is 2. The quantitative estimate of drug-likeness (QED) is 0.755. The van der Waals surface area contributed by atoms with Crippen LogP contribution in [0.1, 0.15) is 41.0 Å². The summed E-state index contributed by atoms with van der Waals surface area (Å²) in [6.45, 7) is 2.70. The SMILES string of the molecule is Cn1nc(C(N)=O)c2c1CCN(C(=O)[C@H]1CC[C@H]3OCCN[C@@H]3C1)C2. The Balaban J connectivity index is 1.48. The maximum absolute atomic E-state index is 13.0. The zero-order chi connectivity index (χ0) is 17.6. The van der Waals surface area contributed by atoms with Gasteiger partial charge in [-0.15, -0.1) is 0 Å². The molecule has 3 atom stereocenters. The van der Waals surface area contributed by atoms with Gasteiger partial charge < -0.3 is 20.7 Å². The van der Waals surface area contributed by atoms with Crippen LogP contribution in [0.4, 0.5) is 0 Å². The fourth-order valence-electron chi connectivity index (χ4n) is 4.47. The number of morpholine rings is 1. The summed E-state index contributed by atoms with van der Waals surface area (Å²) in [5.74, 6) is -0.336. The Labute approximate surface area is 146 Å². The van der Waals surface area contributed by atoms with E-state index in [1.165, 1.54) is 0 Å². The zero-order valence-corrected chi connectivity index (χ0v) is 14.5. The van der Waals surface area contributed by atoms with Crippen LogP contribution in [-0.2, 0) is 29.5 Å². The second-order valence-corrected chi connectivity index (χ2v) is 7.25. The molecule has 1 aromatic heterocycles. The molecular formula is C17H25N5O3. The van der Waals surface area contributed by atoms with E-state index < -0.39 is 5.91 Å². The number of primary amides is 1. The maximum Gasteiger partial charge on any atom is 0.269 e. The van der Waals surface area contributed by atoms with Crippen molar-refractivity contribution in [3.05, 3.63) is 17.0 Å². The monoisotopic (exact) mass is 347 g/mol. The van der Waals surface area contributed by atoms with Crippen LogP contribution in [0.15, 0.2) is 0 Å². The molecule has 0 bridgehead atoms. The number of nitrogens with two attached hydrogens (primary N) is 1. The van der Waals surface area contributed by atoms with Gasteiger partial charge in [-0.05, 0) is 19.3 Å². The topological polar surface area (TPSA) is 102 Å². The number of nitrogens with one attached hydrogen (secondary N) is 1. The highest BCUT2D eigenvalue weighted by Crippen LogP contribution is 2.31. The largest absolute Gasteiger partial charge is 0.375 e. The second-order valence-electron chi connectivity index (χ2n) is 7.25. The summed E-state index contributed by atoms with van der Waals surface area (Å²) in [7, 11) is 1.82. The highest BCUT2D eigenvalue weighted by Gasteiger charge is 2.38.